The predicted molar refractivity (Wildman–Crippen MR) is 85.5 cm³/mol. The van der Waals surface area contributed by atoms with E-state index in [1.165, 1.54) is 25.3 Å². The Morgan fingerprint density at radius 2 is 2.05 bits per heavy atom. The summed E-state index contributed by atoms with van der Waals surface area (Å²) < 4.78 is 33.0. The quantitative estimate of drug-likeness (QED) is 0.842. The van der Waals surface area contributed by atoms with Crippen LogP contribution in [0.4, 0.5) is 0 Å². The van der Waals surface area contributed by atoms with Crippen LogP contribution in [0.5, 0.6) is 5.75 Å². The average molecular weight is 346 g/mol. The van der Waals surface area contributed by atoms with Gasteiger partial charge in [0.2, 0.25) is 10.0 Å². The lowest BCUT2D eigenvalue weighted by Gasteiger charge is -2.28. The lowest BCUT2D eigenvalue weighted by molar-refractivity contribution is 0.389. The van der Waals surface area contributed by atoms with Crippen LogP contribution < -0.4 is 15.2 Å². The molecule has 1 aromatic carbocycles. The van der Waals surface area contributed by atoms with Crippen molar-refractivity contribution in [3.63, 3.8) is 0 Å². The van der Waals surface area contributed by atoms with Gasteiger partial charge >= 0.3 is 0 Å². The summed E-state index contributed by atoms with van der Waals surface area (Å²) in [6.07, 6.45) is 3.40. The predicted octanol–water partition coefficient (Wildman–Crippen LogP) is 1.54. The molecule has 2 rings (SSSR count). The van der Waals surface area contributed by atoms with Crippen LogP contribution in [0.2, 0.25) is 0 Å². The van der Waals surface area contributed by atoms with E-state index in [0.717, 1.165) is 25.7 Å². The molecule has 0 spiro atoms. The average Bonchev–Trinajstić information content (AvgIpc) is 2.94. The van der Waals surface area contributed by atoms with Crippen molar-refractivity contribution in [1.29, 1.82) is 5.26 Å². The third-order valence-electron chi connectivity index (χ3n) is 3.88. The Labute approximate surface area is 137 Å². The number of nitrogens with two attached hydrogens (primary N) is 1. The fraction of sp³-hybridized carbons (Fsp3) is 0.500. The Morgan fingerprint density at radius 1 is 1.41 bits per heavy atom. The molecule has 1 aliphatic carbocycles. The van der Waals surface area contributed by atoms with Crippen LogP contribution in [0.15, 0.2) is 23.1 Å². The molecular formula is C14H20ClN3O3S. The van der Waals surface area contributed by atoms with Crippen molar-refractivity contribution in [2.24, 2.45) is 5.73 Å². The lowest BCUT2D eigenvalue weighted by atomic mass is 10.0. The first-order chi connectivity index (χ1) is 9.96. The van der Waals surface area contributed by atoms with Gasteiger partial charge in [-0.2, -0.15) is 5.26 Å². The minimum Gasteiger partial charge on any atom is -0.495 e. The van der Waals surface area contributed by atoms with Crippen LogP contribution in [-0.4, -0.2) is 27.6 Å². The first kappa shape index (κ1) is 18.7. The van der Waals surface area contributed by atoms with Crippen molar-refractivity contribution in [2.45, 2.75) is 36.1 Å². The second-order valence-corrected chi connectivity index (χ2v) is 6.93. The summed E-state index contributed by atoms with van der Waals surface area (Å²) >= 11 is 0. The molecule has 0 atom stereocenters. The molecule has 0 aromatic heterocycles. The van der Waals surface area contributed by atoms with Crippen LogP contribution >= 0.6 is 12.4 Å². The summed E-state index contributed by atoms with van der Waals surface area (Å²) in [5, 5.41) is 8.87. The highest BCUT2D eigenvalue weighted by molar-refractivity contribution is 7.89. The van der Waals surface area contributed by atoms with E-state index in [0.29, 0.717) is 5.56 Å². The topological polar surface area (TPSA) is 105 Å². The molecule has 0 radical (unpaired) electrons. The number of sulfonamides is 1. The monoisotopic (exact) mass is 345 g/mol. The lowest BCUT2D eigenvalue weighted by Crippen LogP contribution is -2.51. The van der Waals surface area contributed by atoms with Gasteiger partial charge in [0, 0.05) is 12.1 Å². The molecule has 1 aliphatic rings. The number of nitriles is 1. The molecule has 122 valence electrons. The number of nitrogens with one attached hydrogen (secondary N) is 1. The zero-order valence-electron chi connectivity index (χ0n) is 12.3. The largest absolute Gasteiger partial charge is 0.495 e. The summed E-state index contributed by atoms with van der Waals surface area (Å²) in [7, 11) is -2.37. The van der Waals surface area contributed by atoms with E-state index in [2.05, 4.69) is 4.72 Å². The summed E-state index contributed by atoms with van der Waals surface area (Å²) in [6, 6.07) is 6.22. The third kappa shape index (κ3) is 3.70. The van der Waals surface area contributed by atoms with Gasteiger partial charge in [0.1, 0.15) is 10.6 Å². The van der Waals surface area contributed by atoms with Crippen molar-refractivity contribution in [3.8, 4) is 11.8 Å². The molecule has 22 heavy (non-hydrogen) atoms. The van der Waals surface area contributed by atoms with Gasteiger partial charge < -0.3 is 10.5 Å². The van der Waals surface area contributed by atoms with Crippen molar-refractivity contribution in [1.82, 2.24) is 4.72 Å². The van der Waals surface area contributed by atoms with E-state index in [-0.39, 0.29) is 29.6 Å². The number of rotatable bonds is 5. The number of ether oxygens (including phenoxy) is 1. The van der Waals surface area contributed by atoms with Gasteiger partial charge in [-0.3, -0.25) is 0 Å². The Balaban J connectivity index is 0.00000242. The highest BCUT2D eigenvalue weighted by Gasteiger charge is 2.37. The number of methoxy groups -OCH3 is 1. The van der Waals surface area contributed by atoms with Gasteiger partial charge in [0.25, 0.3) is 0 Å². The first-order valence-corrected chi connectivity index (χ1v) is 8.27. The van der Waals surface area contributed by atoms with Gasteiger partial charge in [-0.05, 0) is 31.0 Å². The number of hydrogen-bond donors (Lipinski definition) is 2. The van der Waals surface area contributed by atoms with E-state index >= 15 is 0 Å². The molecule has 6 nitrogen and oxygen atoms in total. The number of hydrogen-bond acceptors (Lipinski definition) is 5. The molecule has 1 saturated carbocycles. The standard InChI is InChI=1S/C14H19N3O3S.ClH/c1-20-12-8-11(9-15)4-5-13(12)21(18,19)17-14(10-16)6-2-3-7-14;/h4-5,8,17H,2-3,6-7,10,16H2,1H3;1H. The van der Waals surface area contributed by atoms with E-state index in [1.807, 2.05) is 6.07 Å². The molecule has 1 fully saturated rings. The highest BCUT2D eigenvalue weighted by Crippen LogP contribution is 2.32. The van der Waals surface area contributed by atoms with Crippen molar-refractivity contribution < 1.29 is 13.2 Å². The maximum atomic E-state index is 12.6. The normalized spacial score (nSPS) is 16.6. The van der Waals surface area contributed by atoms with Crippen LogP contribution in [0.1, 0.15) is 31.2 Å². The Kier molecular flexibility index (Phi) is 6.20. The molecule has 0 unspecified atom stereocenters. The molecule has 3 N–H and O–H groups in total. The highest BCUT2D eigenvalue weighted by atomic mass is 35.5. The van der Waals surface area contributed by atoms with Crippen molar-refractivity contribution in [2.75, 3.05) is 13.7 Å². The number of halogens is 1. The first-order valence-electron chi connectivity index (χ1n) is 6.78. The zero-order chi connectivity index (χ0) is 15.5. The molecule has 0 saturated heterocycles. The molecule has 0 heterocycles. The van der Waals surface area contributed by atoms with Crippen LogP contribution in [-0.2, 0) is 10.0 Å². The van der Waals surface area contributed by atoms with Gasteiger partial charge in [-0.15, -0.1) is 12.4 Å². The van der Waals surface area contributed by atoms with Crippen molar-refractivity contribution >= 4 is 22.4 Å². The second-order valence-electron chi connectivity index (χ2n) is 5.27. The van der Waals surface area contributed by atoms with E-state index in [1.54, 1.807) is 0 Å². The maximum absolute atomic E-state index is 12.6. The van der Waals surface area contributed by atoms with Gasteiger partial charge in [0.15, 0.2) is 0 Å². The SMILES string of the molecule is COc1cc(C#N)ccc1S(=O)(=O)NC1(CN)CCCC1.Cl. The van der Waals surface area contributed by atoms with Gasteiger partial charge in [-0.25, -0.2) is 13.1 Å². The van der Waals surface area contributed by atoms with Crippen molar-refractivity contribution in [3.05, 3.63) is 23.8 Å². The van der Waals surface area contributed by atoms with Gasteiger partial charge in [0.05, 0.1) is 18.7 Å². The second kappa shape index (κ2) is 7.29. The molecular weight excluding hydrogens is 326 g/mol. The minimum atomic E-state index is -3.75. The van der Waals surface area contributed by atoms with E-state index in [4.69, 9.17) is 15.7 Å². The molecule has 0 aliphatic heterocycles. The minimum absolute atomic E-state index is 0. The van der Waals surface area contributed by atoms with Crippen LogP contribution in [0.3, 0.4) is 0 Å². The molecule has 0 amide bonds. The number of benzene rings is 1. The van der Waals surface area contributed by atoms with Crippen LogP contribution in [0.25, 0.3) is 0 Å². The fourth-order valence-electron chi connectivity index (χ4n) is 2.70. The smallest absolute Gasteiger partial charge is 0.244 e. The Hall–Kier alpha value is -1.33. The fourth-order valence-corrected chi connectivity index (χ4v) is 4.32. The molecule has 0 bridgehead atoms. The molecule has 8 heteroatoms. The van der Waals surface area contributed by atoms with Crippen LogP contribution in [0, 0.1) is 11.3 Å². The third-order valence-corrected chi connectivity index (χ3v) is 5.50. The maximum Gasteiger partial charge on any atom is 0.244 e. The summed E-state index contributed by atoms with van der Waals surface area (Å²) in [4.78, 5) is 0.0312. The van der Waals surface area contributed by atoms with Gasteiger partial charge in [-0.1, -0.05) is 12.8 Å². The summed E-state index contributed by atoms with van der Waals surface area (Å²) in [5.41, 5.74) is 5.54. The molecule has 1 aromatic rings. The summed E-state index contributed by atoms with van der Waals surface area (Å²) in [6.45, 7) is 0.269. The number of nitrogens with zero attached hydrogens (tertiary/aromatic N) is 1. The Morgan fingerprint density at radius 3 is 2.55 bits per heavy atom. The Bertz CT molecular complexity index is 664. The van der Waals surface area contributed by atoms with E-state index in [9.17, 15) is 8.42 Å². The van der Waals surface area contributed by atoms with E-state index < -0.39 is 15.6 Å². The zero-order valence-corrected chi connectivity index (χ0v) is 14.0. The summed E-state index contributed by atoms with van der Waals surface area (Å²) in [5.74, 6) is 0.159.